The molecule has 0 saturated carbocycles. The Hall–Kier alpha value is -2.80. The van der Waals surface area contributed by atoms with E-state index in [4.69, 9.17) is 27.2 Å². The summed E-state index contributed by atoms with van der Waals surface area (Å²) in [4.78, 5) is 23.4. The highest BCUT2D eigenvalue weighted by molar-refractivity contribution is 7.49. The van der Waals surface area contributed by atoms with Gasteiger partial charge in [0.15, 0.2) is 24.0 Å². The second-order valence-corrected chi connectivity index (χ2v) is 8.42. The number of carbonyl (C=O) groups excluding carboxylic acids is 2. The fraction of sp³-hybridized carbons (Fsp3) is 0.368. The molecule has 3 heterocycles. The van der Waals surface area contributed by atoms with Gasteiger partial charge in [0.1, 0.15) is 24.6 Å². The number of nitrogens with one attached hydrogen (secondary N) is 1. The molecule has 0 aromatic heterocycles. The Bertz CT molecular complexity index is 1200. The molecule has 3 aliphatic heterocycles. The second kappa shape index (κ2) is 8.52. The third kappa shape index (κ3) is 4.14. The lowest BCUT2D eigenvalue weighted by molar-refractivity contribution is -0.208. The molecule has 178 valence electrons. The number of aliphatic hydroxyl groups excluding tert-OH is 2. The summed E-state index contributed by atoms with van der Waals surface area (Å²) < 4.78 is 78.6. The van der Waals surface area contributed by atoms with E-state index in [1.165, 1.54) is 19.2 Å². The van der Waals surface area contributed by atoms with Crippen LogP contribution in [-0.2, 0) is 34.5 Å². The number of fused-ring (bicyclic) bond motifs is 1. The molecule has 0 spiro atoms. The summed E-state index contributed by atoms with van der Waals surface area (Å²) in [5, 5.41) is 23.0. The molecule has 33 heavy (non-hydrogen) atoms. The Morgan fingerprint density at radius 1 is 1.55 bits per heavy atom. The number of hydrogen-bond acceptors (Lipinski definition) is 11. The molecule has 1 amide bonds. The molecule has 0 aliphatic carbocycles. The first-order valence-electron chi connectivity index (χ1n) is 10.7. The van der Waals surface area contributed by atoms with Crippen LogP contribution in [0, 0.1) is 0 Å². The summed E-state index contributed by atoms with van der Waals surface area (Å²) in [6.45, 7) is -0.862. The van der Waals surface area contributed by atoms with Crippen LogP contribution in [0.3, 0.4) is 0 Å². The molecule has 12 nitrogen and oxygen atoms in total. The molecule has 0 bridgehead atoms. The Balaban J connectivity index is 1.65. The smallest absolute Gasteiger partial charge is 0.493 e. The van der Waals surface area contributed by atoms with E-state index in [0.29, 0.717) is 16.7 Å². The number of alkyl halides is 1. The number of rotatable bonds is 6. The first-order chi connectivity index (χ1) is 16.7. The van der Waals surface area contributed by atoms with Gasteiger partial charge in [0.05, 0.1) is 23.4 Å². The zero-order chi connectivity index (χ0) is 26.7. The van der Waals surface area contributed by atoms with E-state index < -0.39 is 62.6 Å². The Labute approximate surface area is 190 Å². The van der Waals surface area contributed by atoms with Crippen molar-refractivity contribution in [3.05, 3.63) is 47.9 Å². The molecule has 1 saturated heterocycles. The van der Waals surface area contributed by atoms with Crippen molar-refractivity contribution in [2.24, 2.45) is 0 Å². The van der Waals surface area contributed by atoms with Crippen molar-refractivity contribution < 1.29 is 55.9 Å². The van der Waals surface area contributed by atoms with Gasteiger partial charge in [0.25, 0.3) is 11.8 Å². The lowest BCUT2D eigenvalue weighted by Gasteiger charge is -2.33. The van der Waals surface area contributed by atoms with Gasteiger partial charge in [0, 0.05) is 11.8 Å². The number of methoxy groups -OCH3 is 1. The number of aliphatic hydroxyl groups is 2. The molecule has 4 rings (SSSR count). The van der Waals surface area contributed by atoms with Crippen LogP contribution in [0.1, 0.15) is 9.68 Å². The number of hydrogen-bond donors (Lipinski definition) is 3. The van der Waals surface area contributed by atoms with E-state index in [1.54, 1.807) is 6.07 Å². The minimum atomic E-state index is -4.93. The van der Waals surface area contributed by atoms with Gasteiger partial charge in [-0.1, -0.05) is 18.7 Å². The summed E-state index contributed by atoms with van der Waals surface area (Å²) in [7, 11) is -3.65. The Kier molecular flexibility index (Phi) is 5.07. The van der Waals surface area contributed by atoms with Gasteiger partial charge in [-0.05, 0) is 6.07 Å². The highest BCUT2D eigenvalue weighted by atomic mass is 31.2. The van der Waals surface area contributed by atoms with Gasteiger partial charge in [-0.15, -0.1) is 0 Å². The zero-order valence-electron chi connectivity index (χ0n) is 19.9. The minimum Gasteiger partial charge on any atom is -0.493 e. The predicted octanol–water partition coefficient (Wildman–Crippen LogP) is 0.459. The third-order valence-corrected chi connectivity index (χ3v) is 5.95. The summed E-state index contributed by atoms with van der Waals surface area (Å²) in [6, 6.07) is 4.56. The van der Waals surface area contributed by atoms with E-state index in [1.807, 2.05) is 0 Å². The molecule has 5 atom stereocenters. The van der Waals surface area contributed by atoms with Crippen LogP contribution in [-0.4, -0.2) is 65.2 Å². The summed E-state index contributed by atoms with van der Waals surface area (Å²) in [5.41, 5.74) is -0.211. The standard InChI is InChI=1S/C19H20FN2O10P/c1-10-21-17(26)12(7-23)6-22(10)18-14(24)16(25)19(20,31-18)9-30-33(27)29-8-11-4-3-5-13(28-2)15(11)32-33/h3-7,14,16,18,24-25H,1,8-9H2,2H3,(H,21,26)/t14-,16+,18-,19-,33?/m1/s1/i9D2,18D. The predicted molar refractivity (Wildman–Crippen MR) is 106 cm³/mol. The molecule has 3 N–H and O–H groups in total. The van der Waals surface area contributed by atoms with Gasteiger partial charge in [0.2, 0.25) is 0 Å². The molecule has 1 aromatic carbocycles. The Morgan fingerprint density at radius 2 is 2.30 bits per heavy atom. The number of phosphoric ester groups is 1. The van der Waals surface area contributed by atoms with Crippen molar-refractivity contribution in [2.45, 2.75) is 30.9 Å². The van der Waals surface area contributed by atoms with Crippen molar-refractivity contribution in [3.8, 4) is 11.5 Å². The number of nitrogens with zero attached hydrogens (tertiary/aromatic N) is 1. The first kappa shape index (κ1) is 19.6. The van der Waals surface area contributed by atoms with E-state index >= 15 is 4.39 Å². The van der Waals surface area contributed by atoms with Gasteiger partial charge < -0.3 is 34.4 Å². The van der Waals surface area contributed by atoms with Crippen LogP contribution in [0.4, 0.5) is 4.39 Å². The highest BCUT2D eigenvalue weighted by Crippen LogP contribution is 2.57. The number of ether oxygens (including phenoxy) is 2. The monoisotopic (exact) mass is 489 g/mol. The molecular weight excluding hydrogens is 466 g/mol. The number of aldehydes is 1. The number of amides is 1. The second-order valence-electron chi connectivity index (χ2n) is 6.90. The molecule has 1 aromatic rings. The van der Waals surface area contributed by atoms with Crippen molar-refractivity contribution in [2.75, 3.05) is 13.7 Å². The fourth-order valence-electron chi connectivity index (χ4n) is 3.09. The van der Waals surface area contributed by atoms with Crippen molar-refractivity contribution >= 4 is 20.0 Å². The van der Waals surface area contributed by atoms with E-state index in [9.17, 15) is 24.4 Å². The van der Waals surface area contributed by atoms with Gasteiger partial charge in [-0.25, -0.2) is 8.96 Å². The van der Waals surface area contributed by atoms with Crippen LogP contribution in [0.2, 0.25) is 0 Å². The fourth-order valence-corrected chi connectivity index (χ4v) is 4.20. The molecular formula is C19H20FN2O10P. The van der Waals surface area contributed by atoms with Crippen LogP contribution in [0.25, 0.3) is 0 Å². The number of carbonyl (C=O) groups is 2. The average molecular weight is 489 g/mol. The molecule has 3 aliphatic rings. The van der Waals surface area contributed by atoms with Crippen molar-refractivity contribution in [1.29, 1.82) is 0 Å². The third-order valence-electron chi connectivity index (χ3n) is 4.79. The topological polar surface area (TPSA) is 153 Å². The first-order valence-corrected chi connectivity index (χ1v) is 10.7. The zero-order valence-corrected chi connectivity index (χ0v) is 17.8. The van der Waals surface area contributed by atoms with Crippen LogP contribution < -0.4 is 14.6 Å². The lowest BCUT2D eigenvalue weighted by atomic mass is 10.1. The lowest BCUT2D eigenvalue weighted by Crippen LogP contribution is -2.48. The SMILES string of the molecule is [2H]C([2H])(OP1(=O)OCc2cccc(OC)c2O1)[C@@]1(F)O[C@@]([2H])(N2C=C(C=O)C(=O)NC2=C)[C@H](O)[C@@H]1O. The number of benzene rings is 1. The number of para-hydroxylation sites is 1. The van der Waals surface area contributed by atoms with Gasteiger partial charge in [-0.3, -0.25) is 18.6 Å². The van der Waals surface area contributed by atoms with Gasteiger partial charge in [-0.2, -0.15) is 0 Å². The average Bonchev–Trinajstić information content (AvgIpc) is 2.99. The van der Waals surface area contributed by atoms with Crippen LogP contribution in [0.5, 0.6) is 11.5 Å². The molecule has 1 unspecified atom stereocenters. The van der Waals surface area contributed by atoms with E-state index in [-0.39, 0.29) is 17.8 Å². The highest BCUT2D eigenvalue weighted by Gasteiger charge is 2.58. The largest absolute Gasteiger partial charge is 0.530 e. The number of halogens is 1. The summed E-state index contributed by atoms with van der Waals surface area (Å²) >= 11 is 0. The van der Waals surface area contributed by atoms with Crippen molar-refractivity contribution in [1.82, 2.24) is 10.2 Å². The normalized spacial score (nSPS) is 37.6. The van der Waals surface area contributed by atoms with Gasteiger partial charge >= 0.3 is 7.82 Å². The Morgan fingerprint density at radius 3 is 3.00 bits per heavy atom. The summed E-state index contributed by atoms with van der Waals surface area (Å²) in [6.07, 6.45) is -7.65. The molecule has 1 fully saturated rings. The quantitative estimate of drug-likeness (QED) is 0.290. The molecule has 0 radical (unpaired) electrons. The summed E-state index contributed by atoms with van der Waals surface area (Å²) in [5.74, 6) is -5.47. The van der Waals surface area contributed by atoms with Crippen LogP contribution in [0.15, 0.2) is 42.4 Å². The maximum atomic E-state index is 16.0. The number of phosphoric acid groups is 1. The maximum Gasteiger partial charge on any atom is 0.530 e. The minimum absolute atomic E-state index is 0.0938. The van der Waals surface area contributed by atoms with E-state index in [2.05, 4.69) is 11.9 Å². The van der Waals surface area contributed by atoms with E-state index in [0.717, 1.165) is 0 Å². The van der Waals surface area contributed by atoms with Crippen LogP contribution >= 0.6 is 7.82 Å². The maximum absolute atomic E-state index is 16.0. The van der Waals surface area contributed by atoms with Crippen molar-refractivity contribution in [3.63, 3.8) is 0 Å². The molecule has 14 heteroatoms.